The Morgan fingerprint density at radius 3 is 2.70 bits per heavy atom. The van der Waals surface area contributed by atoms with Gasteiger partial charge >= 0.3 is 0 Å². The third kappa shape index (κ3) is 3.71. The van der Waals surface area contributed by atoms with E-state index < -0.39 is 10.0 Å². The van der Waals surface area contributed by atoms with Crippen LogP contribution in [0, 0.1) is 6.92 Å². The summed E-state index contributed by atoms with van der Waals surface area (Å²) in [5, 5.41) is 0. The molecule has 6 heteroatoms. The van der Waals surface area contributed by atoms with E-state index in [0.717, 1.165) is 35.5 Å². The van der Waals surface area contributed by atoms with Gasteiger partial charge in [-0.05, 0) is 29.7 Å². The molecule has 0 aliphatic carbocycles. The normalized spacial score (nSPS) is 16.0. The van der Waals surface area contributed by atoms with Crippen LogP contribution in [0.25, 0.3) is 0 Å². The van der Waals surface area contributed by atoms with Gasteiger partial charge in [-0.1, -0.05) is 24.3 Å². The Labute approximate surface area is 137 Å². The van der Waals surface area contributed by atoms with E-state index in [9.17, 15) is 8.42 Å². The Morgan fingerprint density at radius 2 is 1.96 bits per heavy atom. The molecular weight excluding hydrogens is 310 g/mol. The number of anilines is 1. The zero-order valence-electron chi connectivity index (χ0n) is 13.4. The molecule has 5 nitrogen and oxygen atoms in total. The lowest BCUT2D eigenvalue weighted by atomic mass is 10.1. The lowest BCUT2D eigenvalue weighted by Gasteiger charge is -2.22. The van der Waals surface area contributed by atoms with Gasteiger partial charge in [-0.2, -0.15) is 0 Å². The largest absolute Gasteiger partial charge is 0.293 e. The second-order valence-corrected chi connectivity index (χ2v) is 7.95. The van der Waals surface area contributed by atoms with Crippen LogP contribution in [-0.4, -0.2) is 37.6 Å². The lowest BCUT2D eigenvalue weighted by Crippen LogP contribution is -2.35. The fourth-order valence-corrected chi connectivity index (χ4v) is 3.95. The van der Waals surface area contributed by atoms with Crippen LogP contribution in [0.1, 0.15) is 16.7 Å². The van der Waals surface area contributed by atoms with Crippen LogP contribution in [0.15, 0.2) is 42.7 Å². The number of aromatic nitrogens is 1. The molecule has 0 atom stereocenters. The maximum absolute atomic E-state index is 12.1. The van der Waals surface area contributed by atoms with Gasteiger partial charge in [0.1, 0.15) is 0 Å². The average molecular weight is 331 g/mol. The van der Waals surface area contributed by atoms with E-state index in [-0.39, 0.29) is 0 Å². The van der Waals surface area contributed by atoms with Crippen LogP contribution >= 0.6 is 0 Å². The van der Waals surface area contributed by atoms with E-state index in [4.69, 9.17) is 0 Å². The van der Waals surface area contributed by atoms with E-state index in [2.05, 4.69) is 16.0 Å². The highest BCUT2D eigenvalue weighted by Crippen LogP contribution is 2.27. The number of nitrogens with zero attached hydrogens (tertiary/aromatic N) is 3. The molecule has 0 N–H and O–H groups in total. The summed E-state index contributed by atoms with van der Waals surface area (Å²) in [5.41, 5.74) is 4.11. The molecule has 122 valence electrons. The minimum Gasteiger partial charge on any atom is -0.293 e. The molecule has 0 amide bonds. The minimum atomic E-state index is -3.27. The van der Waals surface area contributed by atoms with Gasteiger partial charge in [-0.25, -0.2) is 8.42 Å². The smallest absolute Gasteiger partial charge is 0.232 e. The SMILES string of the molecule is Cc1cncc(CN2CCN(S(C)(=O)=O)c3ccccc3C2)c1. The Hall–Kier alpha value is -1.92. The molecule has 1 aliphatic rings. The number of fused-ring (bicyclic) bond motifs is 1. The number of rotatable bonds is 3. The van der Waals surface area contributed by atoms with Crippen LogP contribution in [0.3, 0.4) is 0 Å². The lowest BCUT2D eigenvalue weighted by molar-refractivity contribution is 0.270. The van der Waals surface area contributed by atoms with Crippen LogP contribution in [0.5, 0.6) is 0 Å². The van der Waals surface area contributed by atoms with E-state index in [0.29, 0.717) is 13.1 Å². The zero-order valence-corrected chi connectivity index (χ0v) is 14.3. The predicted octanol–water partition coefficient (Wildman–Crippen LogP) is 2.17. The number of hydrogen-bond donors (Lipinski definition) is 0. The highest BCUT2D eigenvalue weighted by Gasteiger charge is 2.25. The molecular formula is C17H21N3O2S. The maximum atomic E-state index is 12.1. The molecule has 0 bridgehead atoms. The Bertz CT molecular complexity index is 805. The first kappa shape index (κ1) is 16.0. The third-order valence-corrected chi connectivity index (χ3v) is 5.19. The summed E-state index contributed by atoms with van der Waals surface area (Å²) in [6, 6.07) is 9.85. The van der Waals surface area contributed by atoms with Crippen molar-refractivity contribution in [3.8, 4) is 0 Å². The number of para-hydroxylation sites is 1. The summed E-state index contributed by atoms with van der Waals surface area (Å²) in [6.07, 6.45) is 4.98. The van der Waals surface area contributed by atoms with Crippen molar-refractivity contribution < 1.29 is 8.42 Å². The first-order valence-electron chi connectivity index (χ1n) is 7.62. The highest BCUT2D eigenvalue weighted by molar-refractivity contribution is 7.92. The molecule has 1 aromatic carbocycles. The van der Waals surface area contributed by atoms with Crippen LogP contribution in [0.4, 0.5) is 5.69 Å². The van der Waals surface area contributed by atoms with Gasteiger partial charge in [-0.15, -0.1) is 0 Å². The molecule has 0 spiro atoms. The Kier molecular flexibility index (Phi) is 4.37. The summed E-state index contributed by atoms with van der Waals surface area (Å²) in [6.45, 7) is 4.68. The molecule has 2 aromatic rings. The number of hydrogen-bond acceptors (Lipinski definition) is 4. The van der Waals surface area contributed by atoms with Gasteiger partial charge in [0, 0.05) is 38.6 Å². The summed E-state index contributed by atoms with van der Waals surface area (Å²) in [7, 11) is -3.27. The Morgan fingerprint density at radius 1 is 1.17 bits per heavy atom. The van der Waals surface area contributed by atoms with E-state index in [1.807, 2.05) is 43.6 Å². The molecule has 0 saturated carbocycles. The summed E-state index contributed by atoms with van der Waals surface area (Å²) < 4.78 is 25.7. The van der Waals surface area contributed by atoms with Gasteiger partial charge in [0.2, 0.25) is 10.0 Å². The monoisotopic (exact) mass is 331 g/mol. The fourth-order valence-electron chi connectivity index (χ4n) is 3.00. The average Bonchev–Trinajstić information content (AvgIpc) is 2.65. The van der Waals surface area contributed by atoms with Crippen molar-refractivity contribution in [2.24, 2.45) is 0 Å². The summed E-state index contributed by atoms with van der Waals surface area (Å²) >= 11 is 0. The molecule has 3 rings (SSSR count). The van der Waals surface area contributed by atoms with Gasteiger partial charge in [0.15, 0.2) is 0 Å². The molecule has 1 aliphatic heterocycles. The molecule has 0 unspecified atom stereocenters. The second kappa shape index (κ2) is 6.29. The first-order chi connectivity index (χ1) is 10.9. The van der Waals surface area contributed by atoms with Crippen molar-refractivity contribution >= 4 is 15.7 Å². The number of sulfonamides is 1. The van der Waals surface area contributed by atoms with Gasteiger partial charge < -0.3 is 0 Å². The summed E-state index contributed by atoms with van der Waals surface area (Å²) in [5.74, 6) is 0. The standard InChI is InChI=1S/C17H21N3O2S/c1-14-9-15(11-18-10-14)12-19-7-8-20(23(2,21)22)17-6-4-3-5-16(17)13-19/h3-6,9-11H,7-8,12-13H2,1-2H3. The topological polar surface area (TPSA) is 53.5 Å². The van der Waals surface area contributed by atoms with Crippen LogP contribution in [0.2, 0.25) is 0 Å². The quantitative estimate of drug-likeness (QED) is 0.865. The van der Waals surface area contributed by atoms with Gasteiger partial charge in [-0.3, -0.25) is 14.2 Å². The highest BCUT2D eigenvalue weighted by atomic mass is 32.2. The maximum Gasteiger partial charge on any atom is 0.232 e. The second-order valence-electron chi connectivity index (χ2n) is 6.05. The number of benzene rings is 1. The first-order valence-corrected chi connectivity index (χ1v) is 9.47. The van der Waals surface area contributed by atoms with Crippen molar-refractivity contribution in [1.82, 2.24) is 9.88 Å². The molecule has 2 heterocycles. The van der Waals surface area contributed by atoms with Crippen LogP contribution in [-0.2, 0) is 23.1 Å². The molecule has 0 radical (unpaired) electrons. The summed E-state index contributed by atoms with van der Waals surface area (Å²) in [4.78, 5) is 6.50. The number of pyridine rings is 1. The van der Waals surface area contributed by atoms with E-state index in [1.165, 1.54) is 10.6 Å². The van der Waals surface area contributed by atoms with Gasteiger partial charge in [0.25, 0.3) is 0 Å². The zero-order chi connectivity index (χ0) is 16.4. The van der Waals surface area contributed by atoms with Crippen molar-refractivity contribution in [3.63, 3.8) is 0 Å². The molecule has 0 fully saturated rings. The fraction of sp³-hybridized carbons (Fsp3) is 0.353. The van der Waals surface area contributed by atoms with Crippen LogP contribution < -0.4 is 4.31 Å². The molecule has 23 heavy (non-hydrogen) atoms. The Balaban J connectivity index is 1.88. The number of aryl methyl sites for hydroxylation is 1. The third-order valence-electron chi connectivity index (χ3n) is 4.01. The van der Waals surface area contributed by atoms with Crippen molar-refractivity contribution in [1.29, 1.82) is 0 Å². The predicted molar refractivity (Wildman–Crippen MR) is 91.7 cm³/mol. The van der Waals surface area contributed by atoms with E-state index >= 15 is 0 Å². The van der Waals surface area contributed by atoms with Crippen molar-refractivity contribution in [2.75, 3.05) is 23.7 Å². The van der Waals surface area contributed by atoms with Crippen molar-refractivity contribution in [3.05, 3.63) is 59.4 Å². The molecule has 1 aromatic heterocycles. The molecule has 0 saturated heterocycles. The van der Waals surface area contributed by atoms with Crippen molar-refractivity contribution in [2.45, 2.75) is 20.0 Å². The minimum absolute atomic E-state index is 0.467. The van der Waals surface area contributed by atoms with E-state index in [1.54, 1.807) is 0 Å². The van der Waals surface area contributed by atoms with Gasteiger partial charge in [0.05, 0.1) is 11.9 Å².